The van der Waals surface area contributed by atoms with Crippen LogP contribution >= 0.6 is 35.2 Å². The molecule has 1 aromatic heterocycles. The number of rotatable bonds is 6. The molecule has 0 fully saturated rings. The predicted octanol–water partition coefficient (Wildman–Crippen LogP) is 6.69. The molecule has 0 amide bonds. The van der Waals surface area contributed by atoms with Crippen LogP contribution in [0.15, 0.2) is 77.0 Å². The van der Waals surface area contributed by atoms with Crippen LogP contribution in [-0.2, 0) is 10.0 Å². The number of aryl methyl sites for hydroxylation is 1. The fourth-order valence-corrected chi connectivity index (χ4v) is 5.40. The maximum absolute atomic E-state index is 12.9. The third kappa shape index (κ3) is 5.56. The molecule has 0 radical (unpaired) electrons. The molecular weight excluding hydrogens is 508 g/mol. The number of thiazole rings is 1. The molecule has 0 saturated heterocycles. The minimum absolute atomic E-state index is 0.121. The Labute approximate surface area is 213 Å². The summed E-state index contributed by atoms with van der Waals surface area (Å²) in [7, 11) is -3.79. The summed E-state index contributed by atoms with van der Waals surface area (Å²) in [5.74, 6) is 0. The van der Waals surface area contributed by atoms with E-state index in [1.54, 1.807) is 12.1 Å². The van der Waals surface area contributed by atoms with E-state index in [0.29, 0.717) is 32.2 Å². The third-order valence-corrected chi connectivity index (χ3v) is 7.74. The van der Waals surface area contributed by atoms with Crippen LogP contribution in [0.2, 0.25) is 5.02 Å². The molecule has 0 unspecified atom stereocenters. The van der Waals surface area contributed by atoms with E-state index in [1.807, 2.05) is 49.6 Å². The summed E-state index contributed by atoms with van der Waals surface area (Å²) in [6, 6.07) is 19.1. The Balaban J connectivity index is 1.52. The highest BCUT2D eigenvalue weighted by Crippen LogP contribution is 2.32. The molecule has 0 saturated carbocycles. The second-order valence-electron chi connectivity index (χ2n) is 7.47. The van der Waals surface area contributed by atoms with Gasteiger partial charge in [-0.1, -0.05) is 41.9 Å². The first-order chi connectivity index (χ1) is 16.2. The zero-order chi connectivity index (χ0) is 24.3. The molecule has 4 rings (SSSR count). The van der Waals surface area contributed by atoms with Gasteiger partial charge in [-0.25, -0.2) is 13.4 Å². The van der Waals surface area contributed by atoms with Gasteiger partial charge in [-0.2, -0.15) is 0 Å². The third-order valence-electron chi connectivity index (χ3n) is 5.15. The highest BCUT2D eigenvalue weighted by molar-refractivity contribution is 7.92. The molecule has 174 valence electrons. The smallest absolute Gasteiger partial charge is 0.261 e. The Hall–Kier alpha value is -2.98. The number of hydrogen-bond donors (Lipinski definition) is 3. The van der Waals surface area contributed by atoms with Gasteiger partial charge in [0.05, 0.1) is 16.3 Å². The van der Waals surface area contributed by atoms with E-state index >= 15 is 0 Å². The Bertz CT molecular complexity index is 1450. The van der Waals surface area contributed by atoms with Gasteiger partial charge in [0.25, 0.3) is 10.0 Å². The number of para-hydroxylation sites is 1. The van der Waals surface area contributed by atoms with E-state index in [4.69, 9.17) is 23.8 Å². The molecule has 0 aliphatic rings. The molecule has 6 nitrogen and oxygen atoms in total. The van der Waals surface area contributed by atoms with Crippen LogP contribution in [0.4, 0.5) is 16.5 Å². The number of benzene rings is 3. The number of anilines is 3. The van der Waals surface area contributed by atoms with Crippen molar-refractivity contribution in [1.29, 1.82) is 0 Å². The molecule has 3 aromatic carbocycles. The van der Waals surface area contributed by atoms with Crippen molar-refractivity contribution in [2.75, 3.05) is 15.4 Å². The molecule has 0 aliphatic heterocycles. The van der Waals surface area contributed by atoms with Crippen molar-refractivity contribution < 1.29 is 8.42 Å². The summed E-state index contributed by atoms with van der Waals surface area (Å²) >= 11 is 12.7. The maximum Gasteiger partial charge on any atom is 0.261 e. The number of hydrogen-bond acceptors (Lipinski definition) is 5. The maximum atomic E-state index is 12.9. The quantitative estimate of drug-likeness (QED) is 0.242. The van der Waals surface area contributed by atoms with Gasteiger partial charge in [0.15, 0.2) is 10.2 Å². The number of aromatic nitrogens is 1. The summed E-state index contributed by atoms with van der Waals surface area (Å²) in [5.41, 5.74) is 4.91. The van der Waals surface area contributed by atoms with Gasteiger partial charge in [0.1, 0.15) is 0 Å². The molecule has 10 heteroatoms. The average Bonchev–Trinajstić information content (AvgIpc) is 3.25. The van der Waals surface area contributed by atoms with Crippen LogP contribution in [0.3, 0.4) is 0 Å². The van der Waals surface area contributed by atoms with Gasteiger partial charge in [-0.3, -0.25) is 4.72 Å². The first-order valence-corrected chi connectivity index (χ1v) is 13.4. The van der Waals surface area contributed by atoms with Crippen molar-refractivity contribution in [3.63, 3.8) is 0 Å². The van der Waals surface area contributed by atoms with E-state index < -0.39 is 10.0 Å². The lowest BCUT2D eigenvalue weighted by molar-refractivity contribution is 0.601. The molecule has 1 heterocycles. The molecule has 3 N–H and O–H groups in total. The van der Waals surface area contributed by atoms with Crippen molar-refractivity contribution in [3.05, 3.63) is 88.3 Å². The Kier molecular flexibility index (Phi) is 7.18. The number of sulfonamides is 1. The molecule has 0 spiro atoms. The van der Waals surface area contributed by atoms with Gasteiger partial charge in [0, 0.05) is 21.7 Å². The summed E-state index contributed by atoms with van der Waals surface area (Å²) in [5, 5.41) is 9.63. The van der Waals surface area contributed by atoms with Crippen LogP contribution in [0.25, 0.3) is 11.3 Å². The first kappa shape index (κ1) is 24.2. The van der Waals surface area contributed by atoms with Gasteiger partial charge in [-0.05, 0) is 73.6 Å². The van der Waals surface area contributed by atoms with Crippen molar-refractivity contribution in [3.8, 4) is 11.3 Å². The van der Waals surface area contributed by atoms with Crippen molar-refractivity contribution in [2.45, 2.75) is 18.7 Å². The SMILES string of the molecule is Cc1cccc(NC(=S)Nc2nc(-c3ccccc3NS(=O)(=O)c3ccc(Cl)cc3)cs2)c1C. The Morgan fingerprint density at radius 2 is 1.65 bits per heavy atom. The molecular formula is C24H21ClN4O2S3. The molecule has 0 bridgehead atoms. The Morgan fingerprint density at radius 3 is 2.41 bits per heavy atom. The minimum atomic E-state index is -3.79. The lowest BCUT2D eigenvalue weighted by Gasteiger charge is -2.12. The second-order valence-corrected chi connectivity index (χ2v) is 10.9. The second kappa shape index (κ2) is 10.1. The minimum Gasteiger partial charge on any atom is -0.332 e. The van der Waals surface area contributed by atoms with Crippen molar-refractivity contribution in [2.24, 2.45) is 0 Å². The van der Waals surface area contributed by atoms with E-state index in [9.17, 15) is 8.42 Å². The van der Waals surface area contributed by atoms with Gasteiger partial charge in [-0.15, -0.1) is 11.3 Å². The lowest BCUT2D eigenvalue weighted by Crippen LogP contribution is -2.19. The van der Waals surface area contributed by atoms with Crippen LogP contribution in [-0.4, -0.2) is 18.5 Å². The summed E-state index contributed by atoms with van der Waals surface area (Å²) in [4.78, 5) is 4.73. The van der Waals surface area contributed by atoms with E-state index in [0.717, 1.165) is 11.3 Å². The molecule has 4 aromatic rings. The standard InChI is InChI=1S/C24H21ClN4O2S3/c1-15-6-5-9-20(16(15)2)26-23(32)28-24-27-22(14-33-24)19-7-3-4-8-21(19)29-34(30,31)18-12-10-17(25)11-13-18/h3-14,29H,1-2H3,(H2,26,27,28,32). The topological polar surface area (TPSA) is 83.1 Å². The van der Waals surface area contributed by atoms with E-state index in [-0.39, 0.29) is 4.90 Å². The molecule has 0 atom stereocenters. The normalized spacial score (nSPS) is 11.1. The lowest BCUT2D eigenvalue weighted by atomic mass is 10.1. The fraction of sp³-hybridized carbons (Fsp3) is 0.0833. The largest absolute Gasteiger partial charge is 0.332 e. The first-order valence-electron chi connectivity index (χ1n) is 10.2. The van der Waals surface area contributed by atoms with Gasteiger partial charge < -0.3 is 10.6 Å². The molecule has 0 aliphatic carbocycles. The number of thiocarbonyl (C=S) groups is 1. The highest BCUT2D eigenvalue weighted by Gasteiger charge is 2.18. The number of halogens is 1. The van der Waals surface area contributed by atoms with E-state index in [1.165, 1.54) is 41.2 Å². The van der Waals surface area contributed by atoms with Crippen molar-refractivity contribution >= 4 is 66.8 Å². The van der Waals surface area contributed by atoms with Crippen LogP contribution in [0.1, 0.15) is 11.1 Å². The zero-order valence-electron chi connectivity index (χ0n) is 18.3. The van der Waals surface area contributed by atoms with Gasteiger partial charge in [0.2, 0.25) is 0 Å². The monoisotopic (exact) mass is 528 g/mol. The summed E-state index contributed by atoms with van der Waals surface area (Å²) in [6.07, 6.45) is 0. The van der Waals surface area contributed by atoms with Gasteiger partial charge >= 0.3 is 0 Å². The Morgan fingerprint density at radius 1 is 0.941 bits per heavy atom. The van der Waals surface area contributed by atoms with Crippen molar-refractivity contribution in [1.82, 2.24) is 4.98 Å². The van der Waals surface area contributed by atoms with Crippen LogP contribution in [0.5, 0.6) is 0 Å². The molecule has 34 heavy (non-hydrogen) atoms. The summed E-state index contributed by atoms with van der Waals surface area (Å²) in [6.45, 7) is 4.08. The van der Waals surface area contributed by atoms with E-state index in [2.05, 4.69) is 20.3 Å². The zero-order valence-corrected chi connectivity index (χ0v) is 21.5. The summed E-state index contributed by atoms with van der Waals surface area (Å²) < 4.78 is 28.4. The number of nitrogens with zero attached hydrogens (tertiary/aromatic N) is 1. The highest BCUT2D eigenvalue weighted by atomic mass is 35.5. The predicted molar refractivity (Wildman–Crippen MR) is 146 cm³/mol. The number of nitrogens with one attached hydrogen (secondary N) is 3. The fourth-order valence-electron chi connectivity index (χ4n) is 3.20. The van der Waals surface area contributed by atoms with Crippen LogP contribution in [0, 0.1) is 13.8 Å². The van der Waals surface area contributed by atoms with Crippen LogP contribution < -0.4 is 15.4 Å². The average molecular weight is 529 g/mol.